The van der Waals surface area contributed by atoms with Crippen LogP contribution in [0.25, 0.3) is 0 Å². The first-order chi connectivity index (χ1) is 16.4. The molecule has 236 valence electrons. The standard InChI is InChI=1S/C13H10F18O6S2/c14-6(15,8(18,19)10(22,23)12(26,27)28)2-4(38(32,33)34)1-5(39(35,36)37)3-7(16,17)9(20,21)11(24,25)13(29,30)31/h4-5H,1-3H2,(H,32,33,34)(H,35,36,37). The van der Waals surface area contributed by atoms with E-state index in [2.05, 4.69) is 0 Å². The van der Waals surface area contributed by atoms with E-state index in [9.17, 15) is 95.9 Å². The highest BCUT2D eigenvalue weighted by Gasteiger charge is 2.83. The van der Waals surface area contributed by atoms with Gasteiger partial charge in [0.25, 0.3) is 20.2 Å². The third-order valence-corrected chi connectivity index (χ3v) is 7.16. The van der Waals surface area contributed by atoms with Gasteiger partial charge in [0, 0.05) is 12.8 Å². The van der Waals surface area contributed by atoms with Gasteiger partial charge in [0.15, 0.2) is 0 Å². The first kappa shape index (κ1) is 37.6. The van der Waals surface area contributed by atoms with Crippen LogP contribution in [0.4, 0.5) is 79.0 Å². The van der Waals surface area contributed by atoms with Gasteiger partial charge in [0.1, 0.15) is 0 Å². The molecule has 0 aromatic carbocycles. The predicted molar refractivity (Wildman–Crippen MR) is 86.3 cm³/mol. The Balaban J connectivity index is 6.70. The maximum Gasteiger partial charge on any atom is 0.460 e. The molecule has 39 heavy (non-hydrogen) atoms. The van der Waals surface area contributed by atoms with Gasteiger partial charge < -0.3 is 0 Å². The Labute approximate surface area is 203 Å². The van der Waals surface area contributed by atoms with E-state index >= 15 is 0 Å². The first-order valence-electron chi connectivity index (χ1n) is 8.74. The van der Waals surface area contributed by atoms with Crippen molar-refractivity contribution in [3.63, 3.8) is 0 Å². The zero-order valence-electron chi connectivity index (χ0n) is 17.4. The molecular weight excluding hydrogens is 658 g/mol. The van der Waals surface area contributed by atoms with Crippen LogP contribution in [0.15, 0.2) is 0 Å². The lowest BCUT2D eigenvalue weighted by Gasteiger charge is -2.36. The smallest absolute Gasteiger partial charge is 0.285 e. The van der Waals surface area contributed by atoms with E-state index < -0.39 is 97.9 Å². The van der Waals surface area contributed by atoms with Crippen molar-refractivity contribution in [2.75, 3.05) is 0 Å². The quantitative estimate of drug-likeness (QED) is 0.207. The number of alkyl halides is 18. The average Bonchev–Trinajstić information content (AvgIpc) is 2.62. The van der Waals surface area contributed by atoms with Crippen molar-refractivity contribution in [3.05, 3.63) is 0 Å². The van der Waals surface area contributed by atoms with E-state index in [1.165, 1.54) is 0 Å². The van der Waals surface area contributed by atoms with E-state index in [4.69, 9.17) is 9.11 Å². The monoisotopic (exact) mass is 668 g/mol. The van der Waals surface area contributed by atoms with Crippen molar-refractivity contribution >= 4 is 20.2 Å². The van der Waals surface area contributed by atoms with Crippen LogP contribution in [0.2, 0.25) is 0 Å². The molecule has 0 bridgehead atoms. The maximum absolute atomic E-state index is 13.8. The number of hydrogen-bond acceptors (Lipinski definition) is 4. The summed E-state index contributed by atoms with van der Waals surface area (Å²) in [5.74, 6) is -44.8. The van der Waals surface area contributed by atoms with Crippen LogP contribution in [0.1, 0.15) is 19.3 Å². The highest BCUT2D eigenvalue weighted by Crippen LogP contribution is 2.56. The summed E-state index contributed by atoms with van der Waals surface area (Å²) in [5.41, 5.74) is 0. The van der Waals surface area contributed by atoms with Crippen LogP contribution in [0.3, 0.4) is 0 Å². The molecule has 0 heterocycles. The van der Waals surface area contributed by atoms with E-state index in [1.54, 1.807) is 0 Å². The summed E-state index contributed by atoms with van der Waals surface area (Å²) in [4.78, 5) is 0. The minimum absolute atomic E-state index is 3.05. The van der Waals surface area contributed by atoms with Crippen molar-refractivity contribution in [1.82, 2.24) is 0 Å². The normalized spacial score (nSPS) is 17.7. The van der Waals surface area contributed by atoms with Crippen LogP contribution in [0, 0.1) is 0 Å². The Morgan fingerprint density at radius 2 is 0.641 bits per heavy atom. The van der Waals surface area contributed by atoms with Gasteiger partial charge in [0.2, 0.25) is 0 Å². The van der Waals surface area contributed by atoms with Gasteiger partial charge in [-0.05, 0) is 6.42 Å². The largest absolute Gasteiger partial charge is 0.460 e. The Morgan fingerprint density at radius 3 is 0.795 bits per heavy atom. The SMILES string of the molecule is O=S(=O)(O)C(CC(CC(F)(F)C(F)(F)C(F)(F)C(F)(F)F)S(=O)(=O)O)CC(F)(F)C(F)(F)C(F)(F)C(F)(F)F. The van der Waals surface area contributed by atoms with Crippen LogP contribution in [-0.2, 0) is 20.2 Å². The summed E-state index contributed by atoms with van der Waals surface area (Å²) < 4.78 is 295. The van der Waals surface area contributed by atoms with Crippen molar-refractivity contribution in [3.8, 4) is 0 Å². The molecule has 0 radical (unpaired) electrons. The molecule has 0 aliphatic carbocycles. The average molecular weight is 668 g/mol. The highest BCUT2D eigenvalue weighted by atomic mass is 32.2. The van der Waals surface area contributed by atoms with E-state index in [0.29, 0.717) is 0 Å². The molecule has 0 fully saturated rings. The van der Waals surface area contributed by atoms with Gasteiger partial charge in [-0.3, -0.25) is 9.11 Å². The lowest BCUT2D eigenvalue weighted by atomic mass is 9.95. The molecule has 0 aromatic rings. The fraction of sp³-hybridized carbons (Fsp3) is 1.00. The molecule has 2 unspecified atom stereocenters. The number of halogens is 18. The van der Waals surface area contributed by atoms with Crippen molar-refractivity contribution in [2.24, 2.45) is 0 Å². The number of hydrogen-bond donors (Lipinski definition) is 2. The van der Waals surface area contributed by atoms with Crippen molar-refractivity contribution in [2.45, 2.75) is 77.7 Å². The van der Waals surface area contributed by atoms with E-state index in [-0.39, 0.29) is 0 Å². The molecule has 0 aromatic heterocycles. The fourth-order valence-corrected chi connectivity index (χ4v) is 4.47. The van der Waals surface area contributed by atoms with E-state index in [0.717, 1.165) is 0 Å². The molecule has 26 heteroatoms. The summed E-state index contributed by atoms with van der Waals surface area (Å²) >= 11 is 0. The molecule has 0 amide bonds. The first-order valence-corrected chi connectivity index (χ1v) is 11.8. The lowest BCUT2D eigenvalue weighted by Crippen LogP contribution is -2.62. The van der Waals surface area contributed by atoms with Gasteiger partial charge in [-0.1, -0.05) is 0 Å². The van der Waals surface area contributed by atoms with Crippen LogP contribution in [-0.4, -0.2) is 84.3 Å². The zero-order valence-corrected chi connectivity index (χ0v) is 19.1. The second kappa shape index (κ2) is 10.1. The third kappa shape index (κ3) is 7.08. The zero-order chi connectivity index (χ0) is 32.3. The second-order valence-electron chi connectivity index (χ2n) is 7.62. The van der Waals surface area contributed by atoms with Crippen LogP contribution < -0.4 is 0 Å². The molecule has 2 atom stereocenters. The molecule has 0 saturated heterocycles. The van der Waals surface area contributed by atoms with Gasteiger partial charge >= 0.3 is 47.9 Å². The minimum Gasteiger partial charge on any atom is -0.285 e. The Bertz CT molecular complexity index is 1010. The molecule has 0 spiro atoms. The van der Waals surface area contributed by atoms with Crippen molar-refractivity contribution < 1.29 is 105 Å². The molecule has 0 rings (SSSR count). The molecule has 6 nitrogen and oxygen atoms in total. The van der Waals surface area contributed by atoms with Gasteiger partial charge in [-0.2, -0.15) is 95.9 Å². The van der Waals surface area contributed by atoms with E-state index in [1.807, 2.05) is 0 Å². The molecule has 2 N–H and O–H groups in total. The Morgan fingerprint density at radius 1 is 0.436 bits per heavy atom. The van der Waals surface area contributed by atoms with Gasteiger partial charge in [0.05, 0.1) is 10.5 Å². The summed E-state index contributed by atoms with van der Waals surface area (Å²) in [7, 11) is -13.4. The molecule has 0 aliphatic rings. The predicted octanol–water partition coefficient (Wildman–Crippen LogP) is 5.61. The molecular formula is C13H10F18O6S2. The summed E-state index contributed by atoms with van der Waals surface area (Å²) in [6.45, 7) is 0. The van der Waals surface area contributed by atoms with Crippen LogP contribution in [0.5, 0.6) is 0 Å². The van der Waals surface area contributed by atoms with Crippen LogP contribution >= 0.6 is 0 Å². The van der Waals surface area contributed by atoms with Gasteiger partial charge in [-0.15, -0.1) is 0 Å². The Hall–Kier alpha value is -1.44. The lowest BCUT2D eigenvalue weighted by molar-refractivity contribution is -0.397. The minimum atomic E-state index is -7.73. The number of rotatable bonds is 12. The summed E-state index contributed by atoms with van der Waals surface area (Å²) in [6.07, 6.45) is -25.6. The second-order valence-corrected chi connectivity index (χ2v) is 11.0. The summed E-state index contributed by atoms with van der Waals surface area (Å²) in [6, 6.07) is 0. The maximum atomic E-state index is 13.8. The Kier molecular flexibility index (Phi) is 9.75. The van der Waals surface area contributed by atoms with Crippen molar-refractivity contribution in [1.29, 1.82) is 0 Å². The summed E-state index contributed by atoms with van der Waals surface area (Å²) in [5, 5.41) is -8.52. The fourth-order valence-electron chi connectivity index (χ4n) is 2.56. The molecule has 0 aliphatic heterocycles. The van der Waals surface area contributed by atoms with Gasteiger partial charge in [-0.25, -0.2) is 0 Å². The topological polar surface area (TPSA) is 109 Å². The third-order valence-electron chi connectivity index (χ3n) is 4.76. The highest BCUT2D eigenvalue weighted by molar-refractivity contribution is 7.87. The molecule has 0 saturated carbocycles.